The second kappa shape index (κ2) is 11.0. The minimum Gasteiger partial charge on any atom is -0.462 e. The first-order valence-corrected chi connectivity index (χ1v) is 13.2. The van der Waals surface area contributed by atoms with Crippen LogP contribution >= 0.6 is 23.1 Å². The van der Waals surface area contributed by atoms with Gasteiger partial charge in [-0.15, -0.1) is 21.5 Å². The van der Waals surface area contributed by atoms with Gasteiger partial charge in [-0.3, -0.25) is 9.47 Å². The normalized spacial score (nSPS) is 15.1. The lowest BCUT2D eigenvalue weighted by molar-refractivity contribution is 0.0531. The molecule has 8 nitrogen and oxygen atoms in total. The van der Waals surface area contributed by atoms with E-state index in [0.29, 0.717) is 31.9 Å². The van der Waals surface area contributed by atoms with Gasteiger partial charge in [0.25, 0.3) is 0 Å². The fourth-order valence-electron chi connectivity index (χ4n) is 4.18. The van der Waals surface area contributed by atoms with Gasteiger partial charge < -0.3 is 10.5 Å². The molecule has 0 radical (unpaired) electrons. The standard InChI is InChI=1S/C24H28N6O2S2/c1-3-32-23(31)20-19(18(14-25)21(26)34-20)15-33-24-28-27-22(16(2)29-12-8-5-9-13-29)30(24)17-10-6-4-7-11-17/h4,6-7,10-11,16H,3,5,8-9,12-13,15,26H2,1-2H3. The summed E-state index contributed by atoms with van der Waals surface area (Å²) in [5, 5.41) is 19.8. The summed E-state index contributed by atoms with van der Waals surface area (Å²) in [5.74, 6) is 0.778. The zero-order valence-electron chi connectivity index (χ0n) is 19.4. The highest BCUT2D eigenvalue weighted by molar-refractivity contribution is 7.98. The number of likely N-dealkylation sites (tertiary alicyclic amines) is 1. The van der Waals surface area contributed by atoms with Crippen molar-refractivity contribution in [1.82, 2.24) is 19.7 Å². The highest BCUT2D eigenvalue weighted by Gasteiger charge is 2.27. The number of nitrogens with two attached hydrogens (primary N) is 1. The predicted octanol–water partition coefficient (Wildman–Crippen LogP) is 4.80. The summed E-state index contributed by atoms with van der Waals surface area (Å²) >= 11 is 2.53. The number of nitrogens with zero attached hydrogens (tertiary/aromatic N) is 5. The third-order valence-electron chi connectivity index (χ3n) is 5.94. The number of aromatic nitrogens is 3. The molecule has 2 aromatic heterocycles. The van der Waals surface area contributed by atoms with Crippen LogP contribution in [0.25, 0.3) is 5.69 Å². The topological polar surface area (TPSA) is 110 Å². The summed E-state index contributed by atoms with van der Waals surface area (Å²) in [6, 6.07) is 12.3. The number of nitrogen functional groups attached to an aromatic ring is 1. The lowest BCUT2D eigenvalue weighted by atomic mass is 10.1. The van der Waals surface area contributed by atoms with Gasteiger partial charge in [-0.05, 0) is 51.9 Å². The Bertz CT molecular complexity index is 1180. The van der Waals surface area contributed by atoms with Crippen LogP contribution in [0.1, 0.15) is 65.8 Å². The molecular formula is C24H28N6O2S2. The Morgan fingerprint density at radius 1 is 1.26 bits per heavy atom. The molecule has 0 amide bonds. The van der Waals surface area contributed by atoms with Gasteiger partial charge in [-0.25, -0.2) is 4.79 Å². The van der Waals surface area contributed by atoms with Gasteiger partial charge in [0, 0.05) is 17.0 Å². The van der Waals surface area contributed by atoms with Crippen molar-refractivity contribution in [3.8, 4) is 11.8 Å². The fraction of sp³-hybridized carbons (Fsp3) is 0.417. The smallest absolute Gasteiger partial charge is 0.348 e. The molecule has 0 bridgehead atoms. The monoisotopic (exact) mass is 496 g/mol. The van der Waals surface area contributed by atoms with Gasteiger partial charge in [0.2, 0.25) is 0 Å². The van der Waals surface area contributed by atoms with E-state index in [4.69, 9.17) is 10.5 Å². The van der Waals surface area contributed by atoms with Gasteiger partial charge in [0.15, 0.2) is 11.0 Å². The number of nitriles is 1. The number of benzene rings is 1. The van der Waals surface area contributed by atoms with Crippen molar-refractivity contribution in [3.63, 3.8) is 0 Å². The minimum absolute atomic E-state index is 0.115. The molecule has 0 spiro atoms. The summed E-state index contributed by atoms with van der Waals surface area (Å²) in [6.07, 6.45) is 3.65. The van der Waals surface area contributed by atoms with Crippen LogP contribution in [0, 0.1) is 11.3 Å². The Morgan fingerprint density at radius 2 is 2.00 bits per heavy atom. The Morgan fingerprint density at radius 3 is 2.68 bits per heavy atom. The molecule has 34 heavy (non-hydrogen) atoms. The van der Waals surface area contributed by atoms with E-state index in [1.54, 1.807) is 6.92 Å². The van der Waals surface area contributed by atoms with E-state index in [1.807, 2.05) is 30.3 Å². The number of esters is 1. The number of thioether (sulfide) groups is 1. The Kier molecular flexibility index (Phi) is 7.88. The van der Waals surface area contributed by atoms with E-state index in [-0.39, 0.29) is 12.6 Å². The zero-order chi connectivity index (χ0) is 24.1. The van der Waals surface area contributed by atoms with Gasteiger partial charge in [-0.2, -0.15) is 5.26 Å². The van der Waals surface area contributed by atoms with Crippen LogP contribution in [0.15, 0.2) is 35.5 Å². The molecule has 178 valence electrons. The second-order valence-electron chi connectivity index (χ2n) is 8.05. The number of anilines is 1. The van der Waals surface area contributed by atoms with E-state index >= 15 is 0 Å². The number of piperidine rings is 1. The van der Waals surface area contributed by atoms with Crippen LogP contribution in [-0.4, -0.2) is 45.3 Å². The highest BCUT2D eigenvalue weighted by Crippen LogP contribution is 2.37. The Labute approximate surface area is 207 Å². The maximum absolute atomic E-state index is 12.5. The number of rotatable bonds is 8. The molecule has 1 unspecified atom stereocenters. The summed E-state index contributed by atoms with van der Waals surface area (Å²) in [7, 11) is 0. The third-order valence-corrected chi connectivity index (χ3v) is 7.93. The zero-order valence-corrected chi connectivity index (χ0v) is 21.0. The largest absolute Gasteiger partial charge is 0.462 e. The van der Waals surface area contributed by atoms with Crippen molar-refractivity contribution < 1.29 is 9.53 Å². The highest BCUT2D eigenvalue weighted by atomic mass is 32.2. The van der Waals surface area contributed by atoms with E-state index in [0.717, 1.165) is 35.9 Å². The molecule has 1 aliphatic heterocycles. The predicted molar refractivity (Wildman–Crippen MR) is 134 cm³/mol. The third kappa shape index (κ3) is 4.97. The van der Waals surface area contributed by atoms with E-state index in [9.17, 15) is 10.1 Å². The summed E-state index contributed by atoms with van der Waals surface area (Å²) < 4.78 is 7.27. The Hall–Kier alpha value is -2.87. The van der Waals surface area contributed by atoms with Crippen LogP contribution < -0.4 is 5.73 Å². The molecule has 0 aliphatic carbocycles. The van der Waals surface area contributed by atoms with Crippen molar-refractivity contribution in [2.45, 2.75) is 50.1 Å². The average molecular weight is 497 g/mol. The average Bonchev–Trinajstić information content (AvgIpc) is 3.43. The number of hydrogen-bond donors (Lipinski definition) is 1. The lowest BCUT2D eigenvalue weighted by Crippen LogP contribution is -2.33. The van der Waals surface area contributed by atoms with Gasteiger partial charge in [0.05, 0.1) is 18.2 Å². The van der Waals surface area contributed by atoms with Crippen molar-refractivity contribution in [1.29, 1.82) is 5.26 Å². The number of ether oxygens (including phenoxy) is 1. The van der Waals surface area contributed by atoms with E-state index in [1.165, 1.54) is 31.0 Å². The molecular weight excluding hydrogens is 468 g/mol. The van der Waals surface area contributed by atoms with Gasteiger partial charge in [-0.1, -0.05) is 36.4 Å². The van der Waals surface area contributed by atoms with E-state index in [2.05, 4.69) is 32.7 Å². The summed E-state index contributed by atoms with van der Waals surface area (Å²) in [4.78, 5) is 15.3. The van der Waals surface area contributed by atoms with Crippen molar-refractivity contribution in [2.24, 2.45) is 0 Å². The molecule has 0 saturated carbocycles. The van der Waals surface area contributed by atoms with Gasteiger partial charge in [0.1, 0.15) is 15.9 Å². The van der Waals surface area contributed by atoms with Crippen LogP contribution in [0.5, 0.6) is 0 Å². The first-order valence-electron chi connectivity index (χ1n) is 11.4. The number of carbonyl (C=O) groups is 1. The SMILES string of the molecule is CCOC(=O)c1sc(N)c(C#N)c1CSc1nnc(C(C)N2CCCCC2)n1-c1ccccc1. The maximum Gasteiger partial charge on any atom is 0.348 e. The molecule has 2 N–H and O–H groups in total. The first-order chi connectivity index (χ1) is 16.5. The van der Waals surface area contributed by atoms with Crippen molar-refractivity contribution in [2.75, 3.05) is 25.4 Å². The number of para-hydroxylation sites is 1. The first kappa shape index (κ1) is 24.3. The number of hydrogen-bond acceptors (Lipinski definition) is 9. The Balaban J connectivity index is 1.68. The molecule has 3 heterocycles. The summed E-state index contributed by atoms with van der Waals surface area (Å²) in [6.45, 7) is 6.28. The van der Waals surface area contributed by atoms with Crippen LogP contribution in [0.2, 0.25) is 0 Å². The molecule has 1 fully saturated rings. The van der Waals surface area contributed by atoms with E-state index < -0.39 is 5.97 Å². The van der Waals surface area contributed by atoms with Crippen molar-refractivity contribution in [3.05, 3.63) is 52.2 Å². The van der Waals surface area contributed by atoms with Crippen LogP contribution in [0.4, 0.5) is 5.00 Å². The quantitative estimate of drug-likeness (QED) is 0.350. The molecule has 1 atom stereocenters. The van der Waals surface area contributed by atoms with Crippen molar-refractivity contribution >= 4 is 34.1 Å². The summed E-state index contributed by atoms with van der Waals surface area (Å²) in [5.41, 5.74) is 7.93. The molecule has 1 aromatic carbocycles. The molecule has 3 aromatic rings. The molecule has 1 aliphatic rings. The lowest BCUT2D eigenvalue weighted by Gasteiger charge is -2.31. The van der Waals surface area contributed by atoms with Crippen LogP contribution in [0.3, 0.4) is 0 Å². The van der Waals surface area contributed by atoms with Crippen LogP contribution in [-0.2, 0) is 10.5 Å². The molecule has 1 saturated heterocycles. The minimum atomic E-state index is -0.458. The maximum atomic E-state index is 12.5. The number of thiophene rings is 1. The fourth-order valence-corrected chi connectivity index (χ4v) is 6.19. The molecule has 4 rings (SSSR count). The molecule has 10 heteroatoms. The number of carbonyl (C=O) groups excluding carboxylic acids is 1. The second-order valence-corrected chi connectivity index (χ2v) is 10.0. The van der Waals surface area contributed by atoms with Gasteiger partial charge >= 0.3 is 5.97 Å².